The van der Waals surface area contributed by atoms with E-state index in [0.29, 0.717) is 18.6 Å². The molecule has 2 saturated heterocycles. The topological polar surface area (TPSA) is 153 Å². The van der Waals surface area contributed by atoms with Gasteiger partial charge >= 0.3 is 17.8 Å². The zero-order valence-corrected chi connectivity index (χ0v) is 20.2. The van der Waals surface area contributed by atoms with Gasteiger partial charge in [-0.1, -0.05) is 21.6 Å². The average molecular weight is 495 g/mol. The van der Waals surface area contributed by atoms with E-state index in [4.69, 9.17) is 6.11 Å². The summed E-state index contributed by atoms with van der Waals surface area (Å²) in [7, 11) is 3.14. The number of carbonyl (C=O) groups excluding carboxylic acids is 4. The highest BCUT2D eigenvalue weighted by atomic mass is 33.1. The number of hydrogen-bond donors (Lipinski definition) is 4. The van der Waals surface area contributed by atoms with Crippen molar-refractivity contribution in [2.45, 2.75) is 82.2 Å². The van der Waals surface area contributed by atoms with Crippen LogP contribution in [0, 0.1) is 5.41 Å². The Morgan fingerprint density at radius 3 is 2.47 bits per heavy atom. The Morgan fingerprint density at radius 1 is 1.19 bits per heavy atom. The van der Waals surface area contributed by atoms with Gasteiger partial charge in [0, 0.05) is 16.9 Å². The number of fused-ring (bicyclic) bond motifs is 1. The Hall–Kier alpha value is -1.34. The van der Waals surface area contributed by atoms with Gasteiger partial charge in [-0.25, -0.2) is 0 Å². The van der Waals surface area contributed by atoms with Gasteiger partial charge in [-0.2, -0.15) is 0 Å². The fourth-order valence-corrected chi connectivity index (χ4v) is 6.31. The van der Waals surface area contributed by atoms with Gasteiger partial charge < -0.3 is 35.1 Å². The van der Waals surface area contributed by atoms with Crippen molar-refractivity contribution in [2.75, 3.05) is 12.4 Å². The number of aliphatic hydroxyl groups excluding tert-OH is 3. The third kappa shape index (κ3) is 6.16. The van der Waals surface area contributed by atoms with Crippen LogP contribution in [-0.2, 0) is 23.9 Å². The van der Waals surface area contributed by atoms with Gasteiger partial charge in [0.25, 0.3) is 0 Å². The normalized spacial score (nSPS) is 28.8. The molecule has 10 nitrogen and oxygen atoms in total. The summed E-state index contributed by atoms with van der Waals surface area (Å²) in [6.45, 7) is 6.94. The van der Waals surface area contributed by atoms with Gasteiger partial charge in [-0.05, 0) is 40.5 Å². The van der Waals surface area contributed by atoms with Crippen molar-refractivity contribution < 1.29 is 40.6 Å². The number of ether oxygens (including phenoxy) is 1. The summed E-state index contributed by atoms with van der Waals surface area (Å²) in [5.74, 6) is -1.90. The second-order valence-electron chi connectivity index (χ2n) is 9.21. The second kappa shape index (κ2) is 10.7. The molecule has 2 heterocycles. The third-order valence-corrected chi connectivity index (χ3v) is 9.00. The van der Waals surface area contributed by atoms with Gasteiger partial charge in [-0.3, -0.25) is 14.4 Å². The number of esters is 1. The standard InChI is InChI=1S/C20H32N2O8S2/c1-19(2,7-9-31-32-20(3,4)6-5-8-23)18(29)30-10-11-12(24)13(25)14(26)15-21-16(27)17(28)22(11)15/h8,11-15,24-26H,5-7,9-10H2,1-4H3,(H,21,27)/t11-,12-,13+,14+,15+/m1/s1/i8T. The molecule has 0 aliphatic carbocycles. The molecule has 2 amide bonds. The molecule has 0 aromatic rings. The van der Waals surface area contributed by atoms with Crippen molar-refractivity contribution in [3.8, 4) is 0 Å². The zero-order valence-electron chi connectivity index (χ0n) is 19.6. The van der Waals surface area contributed by atoms with Crippen LogP contribution in [0.25, 0.3) is 0 Å². The number of aliphatic hydroxyl groups is 3. The van der Waals surface area contributed by atoms with Crippen LogP contribution in [0.3, 0.4) is 0 Å². The molecule has 2 aliphatic rings. The molecule has 0 bridgehead atoms. The molecule has 12 heteroatoms. The van der Waals surface area contributed by atoms with E-state index >= 15 is 0 Å². The van der Waals surface area contributed by atoms with Crippen molar-refractivity contribution in [3.05, 3.63) is 0 Å². The Bertz CT molecular complexity index is 781. The molecular weight excluding hydrogens is 460 g/mol. The monoisotopic (exact) mass is 494 g/mol. The van der Waals surface area contributed by atoms with Crippen molar-refractivity contribution >= 4 is 45.6 Å². The molecule has 2 aliphatic heterocycles. The minimum Gasteiger partial charge on any atom is -0.463 e. The second-order valence-corrected chi connectivity index (χ2v) is 12.3. The lowest BCUT2D eigenvalue weighted by molar-refractivity contribution is -0.184. The predicted octanol–water partition coefficient (Wildman–Crippen LogP) is -0.166. The molecule has 4 N–H and O–H groups in total. The minimum absolute atomic E-state index is 0.193. The zero-order chi connectivity index (χ0) is 25.1. The quantitative estimate of drug-likeness (QED) is 0.100. The Labute approximate surface area is 196 Å². The first-order valence-electron chi connectivity index (χ1n) is 10.8. The Kier molecular flexibility index (Phi) is 8.48. The predicted molar refractivity (Wildman–Crippen MR) is 119 cm³/mol. The molecular formula is C20H32N2O8S2. The van der Waals surface area contributed by atoms with Gasteiger partial charge in [0.05, 0.1) is 11.5 Å². The van der Waals surface area contributed by atoms with Crippen molar-refractivity contribution in [1.29, 1.82) is 0 Å². The molecule has 0 saturated carbocycles. The number of hydrogen-bond acceptors (Lipinski definition) is 10. The maximum Gasteiger partial charge on any atom is 0.314 e. The summed E-state index contributed by atoms with van der Waals surface area (Å²) >= 11 is 0. The molecule has 0 aromatic carbocycles. The molecule has 32 heavy (non-hydrogen) atoms. The summed E-state index contributed by atoms with van der Waals surface area (Å²) in [5.41, 5.74) is -0.880. The molecule has 5 atom stereocenters. The van der Waals surface area contributed by atoms with Crippen LogP contribution in [-0.4, -0.2) is 91.9 Å². The molecule has 0 aromatic heterocycles. The van der Waals surface area contributed by atoms with Crippen LogP contribution < -0.4 is 5.32 Å². The van der Waals surface area contributed by atoms with Crippen LogP contribution in [0.4, 0.5) is 0 Å². The van der Waals surface area contributed by atoms with E-state index in [2.05, 4.69) is 5.32 Å². The van der Waals surface area contributed by atoms with Crippen molar-refractivity contribution in [3.63, 3.8) is 0 Å². The van der Waals surface area contributed by atoms with Crippen LogP contribution >= 0.6 is 21.6 Å². The van der Waals surface area contributed by atoms with Crippen LogP contribution in [0.5, 0.6) is 0 Å². The lowest BCUT2D eigenvalue weighted by Crippen LogP contribution is -2.68. The number of nitrogens with one attached hydrogen (secondary N) is 1. The lowest BCUT2D eigenvalue weighted by atomic mass is 9.90. The van der Waals surface area contributed by atoms with E-state index in [1.165, 1.54) is 0 Å². The smallest absolute Gasteiger partial charge is 0.314 e. The van der Waals surface area contributed by atoms with E-state index in [9.17, 15) is 34.5 Å². The fourth-order valence-electron chi connectivity index (χ4n) is 3.43. The summed E-state index contributed by atoms with van der Waals surface area (Å²) < 4.78 is 12.2. The van der Waals surface area contributed by atoms with Crippen molar-refractivity contribution in [1.82, 2.24) is 10.2 Å². The number of aldehydes is 1. The number of rotatable bonds is 11. The maximum absolute atomic E-state index is 12.7. The first-order chi connectivity index (χ1) is 15.2. The number of carbonyl (C=O) groups is 4. The summed E-state index contributed by atoms with van der Waals surface area (Å²) in [6.07, 6.45) is -5.36. The summed E-state index contributed by atoms with van der Waals surface area (Å²) in [6, 6.07) is -1.19. The van der Waals surface area contributed by atoms with Crippen LogP contribution in [0.2, 0.25) is 0 Å². The largest absolute Gasteiger partial charge is 0.463 e. The van der Waals surface area contributed by atoms with Gasteiger partial charge in [0.1, 0.15) is 38.7 Å². The number of nitrogens with zero attached hydrogens (tertiary/aromatic N) is 1. The summed E-state index contributed by atoms with van der Waals surface area (Å²) in [4.78, 5) is 48.4. The van der Waals surface area contributed by atoms with E-state index in [-0.39, 0.29) is 11.2 Å². The Balaban J connectivity index is 1.88. The van der Waals surface area contributed by atoms with Crippen LogP contribution in [0.1, 0.15) is 48.3 Å². The Morgan fingerprint density at radius 2 is 1.84 bits per heavy atom. The first kappa shape index (κ1) is 25.3. The molecule has 2 fully saturated rings. The van der Waals surface area contributed by atoms with E-state index < -0.39 is 66.6 Å². The van der Waals surface area contributed by atoms with Gasteiger partial charge in [0.2, 0.25) is 0 Å². The molecule has 0 radical (unpaired) electrons. The molecule has 0 spiro atoms. The number of piperidine rings is 1. The number of amides is 2. The highest BCUT2D eigenvalue weighted by Gasteiger charge is 2.55. The molecule has 2 rings (SSSR count). The SMILES string of the molecule is [3H]C(=O)CCC(C)(C)SSCCC(C)(C)C(=O)OC[C@@H]1[C@@H](O)[C@H](O)[C@H](O)[C@H]2NC(=O)C(=O)N12. The molecule has 182 valence electrons. The minimum atomic E-state index is -1.63. The van der Waals surface area contributed by atoms with E-state index in [1.807, 2.05) is 13.8 Å². The third-order valence-electron chi connectivity index (χ3n) is 5.64. The average Bonchev–Trinajstić information content (AvgIpc) is 3.03. The van der Waals surface area contributed by atoms with E-state index in [0.717, 1.165) is 4.90 Å². The lowest BCUT2D eigenvalue weighted by Gasteiger charge is -2.44. The highest BCUT2D eigenvalue weighted by molar-refractivity contribution is 8.77. The maximum atomic E-state index is 12.7. The molecule has 0 unspecified atom stereocenters. The van der Waals surface area contributed by atoms with Crippen molar-refractivity contribution in [2.24, 2.45) is 5.41 Å². The fraction of sp³-hybridized carbons (Fsp3) is 0.800. The highest BCUT2D eigenvalue weighted by Crippen LogP contribution is 2.40. The van der Waals surface area contributed by atoms with Gasteiger partial charge in [-0.15, -0.1) is 0 Å². The van der Waals surface area contributed by atoms with Gasteiger partial charge in [0.15, 0.2) is 0 Å². The van der Waals surface area contributed by atoms with Crippen LogP contribution in [0.15, 0.2) is 0 Å². The van der Waals surface area contributed by atoms with E-state index in [1.54, 1.807) is 35.4 Å². The summed E-state index contributed by atoms with van der Waals surface area (Å²) in [5, 5.41) is 32.7. The first-order valence-corrected chi connectivity index (χ1v) is 12.6.